The molecular formula is C29H31F5N4O5S2. The van der Waals surface area contributed by atoms with E-state index in [4.69, 9.17) is 9.84 Å². The maximum absolute atomic E-state index is 14.8. The van der Waals surface area contributed by atoms with Gasteiger partial charge in [-0.2, -0.15) is 13.2 Å². The number of aliphatic hydroxyl groups is 1. The number of carbonyl (C=O) groups excluding carboxylic acids is 1. The van der Waals surface area contributed by atoms with Crippen molar-refractivity contribution in [1.29, 1.82) is 0 Å². The summed E-state index contributed by atoms with van der Waals surface area (Å²) >= 11 is 1.04. The van der Waals surface area contributed by atoms with Crippen molar-refractivity contribution >= 4 is 48.7 Å². The van der Waals surface area contributed by atoms with E-state index in [-0.39, 0.29) is 41.6 Å². The minimum Gasteiger partial charge on any atom is -0.489 e. The summed E-state index contributed by atoms with van der Waals surface area (Å²) in [6.07, 6.45) is -6.39. The summed E-state index contributed by atoms with van der Waals surface area (Å²) in [5.41, 5.74) is 0.443. The highest BCUT2D eigenvalue weighted by molar-refractivity contribution is 7.90. The fraction of sp³-hybridized carbons (Fsp3) is 0.414. The van der Waals surface area contributed by atoms with E-state index in [1.54, 1.807) is 22.9 Å². The van der Waals surface area contributed by atoms with Crippen LogP contribution in [0.4, 0.5) is 33.3 Å². The lowest BCUT2D eigenvalue weighted by Gasteiger charge is -2.33. The monoisotopic (exact) mass is 674 g/mol. The average molecular weight is 675 g/mol. The number of sulfonamides is 1. The van der Waals surface area contributed by atoms with Crippen LogP contribution < -0.4 is 20.1 Å². The Kier molecular flexibility index (Phi) is 10.8. The molecule has 1 saturated heterocycles. The SMILES string of the molecule is CC(=O)NS(=O)(=O)c1cc(OCCO)c(NCC#Cc2sc3c(NC4CCN(C)CC4F)cccc3c2CC(F)(F)F)cc1F. The number of hydrogen-bond donors (Lipinski definition) is 4. The van der Waals surface area contributed by atoms with E-state index in [1.165, 1.54) is 0 Å². The normalized spacial score (nSPS) is 17.4. The second-order valence-corrected chi connectivity index (χ2v) is 13.0. The zero-order valence-electron chi connectivity index (χ0n) is 24.2. The third-order valence-electron chi connectivity index (χ3n) is 6.80. The van der Waals surface area contributed by atoms with Crippen LogP contribution in [0.5, 0.6) is 5.75 Å². The van der Waals surface area contributed by atoms with Gasteiger partial charge in [-0.3, -0.25) is 4.79 Å². The first kappa shape index (κ1) is 34.2. The van der Waals surface area contributed by atoms with E-state index in [1.807, 2.05) is 11.9 Å². The molecule has 0 radical (unpaired) electrons. The molecule has 0 bridgehead atoms. The van der Waals surface area contributed by atoms with Crippen LogP contribution in [-0.4, -0.2) is 82.6 Å². The molecule has 1 amide bonds. The number of nitrogens with zero attached hydrogens (tertiary/aromatic N) is 1. The molecular weight excluding hydrogens is 643 g/mol. The molecule has 0 aliphatic carbocycles. The molecule has 2 aromatic carbocycles. The fourth-order valence-corrected chi connectivity index (χ4v) is 7.08. The fourth-order valence-electron chi connectivity index (χ4n) is 4.84. The van der Waals surface area contributed by atoms with Crippen LogP contribution >= 0.6 is 11.3 Å². The van der Waals surface area contributed by atoms with E-state index in [2.05, 4.69) is 22.5 Å². The molecule has 3 aromatic rings. The van der Waals surface area contributed by atoms with Gasteiger partial charge in [-0.1, -0.05) is 24.0 Å². The van der Waals surface area contributed by atoms with Crippen molar-refractivity contribution in [2.75, 3.05) is 50.5 Å². The molecule has 1 aliphatic heterocycles. The quantitative estimate of drug-likeness (QED) is 0.186. The van der Waals surface area contributed by atoms with Crippen LogP contribution in [0.3, 0.4) is 0 Å². The molecule has 0 spiro atoms. The number of amides is 1. The van der Waals surface area contributed by atoms with Gasteiger partial charge in [0.25, 0.3) is 10.0 Å². The van der Waals surface area contributed by atoms with Gasteiger partial charge in [0.1, 0.15) is 29.2 Å². The van der Waals surface area contributed by atoms with Crippen molar-refractivity contribution in [1.82, 2.24) is 9.62 Å². The number of thiophene rings is 1. The molecule has 2 atom stereocenters. The maximum atomic E-state index is 14.8. The van der Waals surface area contributed by atoms with Crippen LogP contribution in [0, 0.1) is 17.7 Å². The van der Waals surface area contributed by atoms with Crippen molar-refractivity contribution in [2.24, 2.45) is 0 Å². The minimum absolute atomic E-state index is 0.0237. The summed E-state index contributed by atoms with van der Waals surface area (Å²) in [6, 6.07) is 6.00. The molecule has 0 saturated carbocycles. The predicted molar refractivity (Wildman–Crippen MR) is 161 cm³/mol. The molecule has 16 heteroatoms. The van der Waals surface area contributed by atoms with Gasteiger partial charge in [0.05, 0.1) is 46.6 Å². The second-order valence-electron chi connectivity index (χ2n) is 10.4. The molecule has 9 nitrogen and oxygen atoms in total. The Labute approximate surface area is 260 Å². The van der Waals surface area contributed by atoms with Gasteiger partial charge < -0.3 is 25.4 Å². The van der Waals surface area contributed by atoms with Crippen molar-refractivity contribution in [2.45, 2.75) is 43.1 Å². The van der Waals surface area contributed by atoms with E-state index in [0.717, 1.165) is 30.4 Å². The topological polar surface area (TPSA) is 120 Å². The third-order valence-corrected chi connectivity index (χ3v) is 9.45. The van der Waals surface area contributed by atoms with Gasteiger partial charge in [0.2, 0.25) is 5.91 Å². The summed E-state index contributed by atoms with van der Waals surface area (Å²) in [7, 11) is -2.74. The molecule has 244 valence electrons. The molecule has 2 unspecified atom stereocenters. The van der Waals surface area contributed by atoms with Crippen LogP contribution in [-0.2, 0) is 21.2 Å². The molecule has 4 N–H and O–H groups in total. The first-order valence-electron chi connectivity index (χ1n) is 13.7. The number of piperidine rings is 1. The number of rotatable bonds is 10. The zero-order valence-corrected chi connectivity index (χ0v) is 25.9. The van der Waals surface area contributed by atoms with Crippen molar-refractivity contribution < 1.29 is 45.0 Å². The first-order chi connectivity index (χ1) is 21.2. The van der Waals surface area contributed by atoms with E-state index in [0.29, 0.717) is 28.7 Å². The predicted octanol–water partition coefficient (Wildman–Crippen LogP) is 4.26. The number of alkyl halides is 4. The second kappa shape index (κ2) is 14.2. The number of halogens is 5. The molecule has 1 aliphatic rings. The lowest BCUT2D eigenvalue weighted by molar-refractivity contribution is -0.127. The van der Waals surface area contributed by atoms with Crippen LogP contribution in [0.1, 0.15) is 23.8 Å². The molecule has 45 heavy (non-hydrogen) atoms. The largest absolute Gasteiger partial charge is 0.489 e. The number of aliphatic hydroxyl groups excluding tert-OH is 1. The zero-order chi connectivity index (χ0) is 32.9. The highest BCUT2D eigenvalue weighted by Crippen LogP contribution is 2.39. The lowest BCUT2D eigenvalue weighted by atomic mass is 10.0. The number of carbonyl (C=O) groups is 1. The number of anilines is 2. The molecule has 1 aromatic heterocycles. The number of benzene rings is 2. The summed E-state index contributed by atoms with van der Waals surface area (Å²) in [6.45, 7) is 0.925. The van der Waals surface area contributed by atoms with Crippen LogP contribution in [0.15, 0.2) is 35.2 Å². The molecule has 4 rings (SSSR count). The van der Waals surface area contributed by atoms with E-state index in [9.17, 15) is 35.2 Å². The molecule has 2 heterocycles. The van der Waals surface area contributed by atoms with E-state index >= 15 is 0 Å². The smallest absolute Gasteiger partial charge is 0.393 e. The van der Waals surface area contributed by atoms with E-state index < -0.39 is 58.1 Å². The summed E-state index contributed by atoms with van der Waals surface area (Å²) in [4.78, 5) is 12.4. The summed E-state index contributed by atoms with van der Waals surface area (Å²) in [5, 5.41) is 15.4. The maximum Gasteiger partial charge on any atom is 0.393 e. The number of likely N-dealkylation sites (tertiary alicyclic amines) is 1. The Bertz CT molecular complexity index is 1720. The highest BCUT2D eigenvalue weighted by atomic mass is 32.2. The van der Waals surface area contributed by atoms with Gasteiger partial charge in [-0.25, -0.2) is 21.9 Å². The molecule has 1 fully saturated rings. The Morgan fingerprint density at radius 3 is 2.67 bits per heavy atom. The van der Waals surface area contributed by atoms with Gasteiger partial charge in [-0.15, -0.1) is 11.3 Å². The van der Waals surface area contributed by atoms with Crippen molar-refractivity contribution in [3.05, 3.63) is 46.6 Å². The van der Waals surface area contributed by atoms with Crippen LogP contribution in [0.25, 0.3) is 10.1 Å². The first-order valence-corrected chi connectivity index (χ1v) is 16.0. The highest BCUT2D eigenvalue weighted by Gasteiger charge is 2.32. The van der Waals surface area contributed by atoms with Crippen molar-refractivity contribution in [3.63, 3.8) is 0 Å². The standard InChI is InChI=1S/C29H31F5N4O5S2/c1-17(40)37-45(41,42)27-14-25(43-12-11-39)24(13-20(27)30)35-9-4-7-26-19(15-29(32,33)34)18-5-3-6-23(28(18)44-26)36-22-8-10-38(2)16-21(22)31/h3,5-6,13-14,21-22,35-36,39H,8-12,15-16H2,1-2H3,(H,37,40). The third kappa shape index (κ3) is 8.75. The Morgan fingerprint density at radius 1 is 1.24 bits per heavy atom. The van der Waals surface area contributed by atoms with Gasteiger partial charge >= 0.3 is 6.18 Å². The summed E-state index contributed by atoms with van der Waals surface area (Å²) in [5.74, 6) is 3.14. The van der Waals surface area contributed by atoms with Crippen LogP contribution in [0.2, 0.25) is 0 Å². The number of hydrogen-bond acceptors (Lipinski definition) is 9. The van der Waals surface area contributed by atoms with Crippen molar-refractivity contribution in [3.8, 4) is 17.6 Å². The van der Waals surface area contributed by atoms with Gasteiger partial charge in [0.15, 0.2) is 0 Å². The Morgan fingerprint density at radius 2 is 2.00 bits per heavy atom. The lowest BCUT2D eigenvalue weighted by Crippen LogP contribution is -2.46. The number of nitrogens with one attached hydrogen (secondary N) is 3. The minimum atomic E-state index is -4.56. The summed E-state index contributed by atoms with van der Waals surface area (Å²) < 4.78 is 103. The Hall–Kier alpha value is -3.65. The van der Waals surface area contributed by atoms with Gasteiger partial charge in [0, 0.05) is 32.1 Å². The Balaban J connectivity index is 1.63. The number of fused-ring (bicyclic) bond motifs is 1. The number of ether oxygens (including phenoxy) is 1. The average Bonchev–Trinajstić information content (AvgIpc) is 3.27. The van der Waals surface area contributed by atoms with Gasteiger partial charge in [-0.05, 0) is 30.5 Å².